The second-order valence-electron chi connectivity index (χ2n) is 6.19. The lowest BCUT2D eigenvalue weighted by atomic mass is 10.1. The highest BCUT2D eigenvalue weighted by molar-refractivity contribution is 5.99. The minimum atomic E-state index is -0.784. The van der Waals surface area contributed by atoms with E-state index in [2.05, 4.69) is 10.2 Å². The minimum absolute atomic E-state index is 0.0105. The van der Waals surface area contributed by atoms with Crippen LogP contribution in [0.15, 0.2) is 42.5 Å². The summed E-state index contributed by atoms with van der Waals surface area (Å²) in [6, 6.07) is 11.3. The maximum Gasteiger partial charge on any atom is 0.361 e. The number of aryl methyl sites for hydroxylation is 3. The Balaban J connectivity index is 1.75. The fourth-order valence-electron chi connectivity index (χ4n) is 2.67. The van der Waals surface area contributed by atoms with Gasteiger partial charge < -0.3 is 4.74 Å². The Morgan fingerprint density at radius 1 is 1.07 bits per heavy atom. The van der Waals surface area contributed by atoms with Crippen LogP contribution in [0.3, 0.4) is 0 Å². The molecule has 6 nitrogen and oxygen atoms in total. The maximum absolute atomic E-state index is 13.6. The van der Waals surface area contributed by atoms with E-state index in [0.717, 1.165) is 16.8 Å². The van der Waals surface area contributed by atoms with Gasteiger partial charge >= 0.3 is 5.97 Å². The van der Waals surface area contributed by atoms with Crippen LogP contribution in [0, 0.1) is 26.6 Å². The third kappa shape index (κ3) is 3.92. The molecule has 3 aromatic rings. The summed E-state index contributed by atoms with van der Waals surface area (Å²) in [4.78, 5) is 25.7. The van der Waals surface area contributed by atoms with Crippen molar-refractivity contribution in [2.75, 3.05) is 6.61 Å². The normalized spacial score (nSPS) is 10.7. The molecule has 0 aliphatic carbocycles. The molecule has 0 unspecified atom stereocenters. The maximum atomic E-state index is 13.6. The number of aromatic nitrogens is 3. The monoisotopic (exact) mass is 367 g/mol. The highest BCUT2D eigenvalue weighted by atomic mass is 19.1. The second-order valence-corrected chi connectivity index (χ2v) is 6.19. The van der Waals surface area contributed by atoms with E-state index < -0.39 is 24.2 Å². The fourth-order valence-corrected chi connectivity index (χ4v) is 2.67. The van der Waals surface area contributed by atoms with Gasteiger partial charge in [0.2, 0.25) is 5.78 Å². The average Bonchev–Trinajstić information content (AvgIpc) is 3.01. The summed E-state index contributed by atoms with van der Waals surface area (Å²) in [7, 11) is 0. The van der Waals surface area contributed by atoms with Crippen molar-refractivity contribution in [1.82, 2.24) is 15.0 Å². The molecule has 2 aromatic carbocycles. The molecule has 0 amide bonds. The van der Waals surface area contributed by atoms with Crippen LogP contribution >= 0.6 is 0 Å². The van der Waals surface area contributed by atoms with Gasteiger partial charge in [-0.2, -0.15) is 9.90 Å². The number of esters is 1. The number of carbonyl (C=O) groups is 2. The SMILES string of the molecule is Cc1ccc(-n2nc(C)c(C(=O)OCC(=O)c3ccccc3F)n2)c(C)c1. The Morgan fingerprint density at radius 3 is 2.52 bits per heavy atom. The van der Waals surface area contributed by atoms with Crippen molar-refractivity contribution in [3.05, 3.63) is 76.4 Å². The van der Waals surface area contributed by atoms with Crippen LogP contribution in [0.1, 0.15) is 37.7 Å². The molecule has 0 saturated heterocycles. The van der Waals surface area contributed by atoms with Crippen molar-refractivity contribution < 1.29 is 18.7 Å². The van der Waals surface area contributed by atoms with Crippen LogP contribution in [-0.4, -0.2) is 33.4 Å². The molecular weight excluding hydrogens is 349 g/mol. The van der Waals surface area contributed by atoms with Crippen LogP contribution in [0.2, 0.25) is 0 Å². The molecule has 1 aromatic heterocycles. The Kier molecular flexibility index (Phi) is 5.12. The zero-order valence-corrected chi connectivity index (χ0v) is 15.2. The summed E-state index contributed by atoms with van der Waals surface area (Å²) in [6.45, 7) is 4.96. The largest absolute Gasteiger partial charge is 0.452 e. The second kappa shape index (κ2) is 7.49. The molecule has 3 rings (SSSR count). The van der Waals surface area contributed by atoms with E-state index in [1.807, 2.05) is 32.0 Å². The molecule has 0 aliphatic rings. The van der Waals surface area contributed by atoms with Crippen molar-refractivity contribution in [2.45, 2.75) is 20.8 Å². The number of ketones is 1. The number of nitrogens with zero attached hydrogens (tertiary/aromatic N) is 3. The molecule has 1 heterocycles. The molecule has 27 heavy (non-hydrogen) atoms. The van der Waals surface area contributed by atoms with Crippen molar-refractivity contribution in [3.63, 3.8) is 0 Å². The van der Waals surface area contributed by atoms with Crippen molar-refractivity contribution in [2.24, 2.45) is 0 Å². The van der Waals surface area contributed by atoms with Gasteiger partial charge in [-0.1, -0.05) is 29.8 Å². The van der Waals surface area contributed by atoms with E-state index in [1.165, 1.54) is 29.1 Å². The molecular formula is C20H18FN3O3. The lowest BCUT2D eigenvalue weighted by molar-refractivity contribution is 0.0466. The summed E-state index contributed by atoms with van der Waals surface area (Å²) in [5, 5.41) is 8.44. The first-order valence-electron chi connectivity index (χ1n) is 8.33. The summed E-state index contributed by atoms with van der Waals surface area (Å²) < 4.78 is 18.6. The van der Waals surface area contributed by atoms with Crippen LogP contribution in [0.5, 0.6) is 0 Å². The molecule has 0 N–H and O–H groups in total. The first-order chi connectivity index (χ1) is 12.9. The number of carbonyl (C=O) groups excluding carboxylic acids is 2. The minimum Gasteiger partial charge on any atom is -0.452 e. The van der Waals surface area contributed by atoms with E-state index in [-0.39, 0.29) is 11.3 Å². The molecule has 0 atom stereocenters. The van der Waals surface area contributed by atoms with E-state index in [0.29, 0.717) is 5.69 Å². The number of hydrogen-bond donors (Lipinski definition) is 0. The molecule has 138 valence electrons. The zero-order chi connectivity index (χ0) is 19.6. The standard InChI is InChI=1S/C20H18FN3O3/c1-12-8-9-17(13(2)10-12)24-22-14(3)19(23-24)20(26)27-11-18(25)15-6-4-5-7-16(15)21/h4-10H,11H2,1-3H3. The number of rotatable bonds is 5. The highest BCUT2D eigenvalue weighted by Gasteiger charge is 2.20. The molecule has 7 heteroatoms. The van der Waals surface area contributed by atoms with Gasteiger partial charge in [-0.3, -0.25) is 4.79 Å². The summed E-state index contributed by atoms with van der Waals surface area (Å²) >= 11 is 0. The van der Waals surface area contributed by atoms with Gasteiger partial charge in [0, 0.05) is 0 Å². The molecule has 0 fully saturated rings. The molecule has 0 spiro atoms. The van der Waals surface area contributed by atoms with Crippen LogP contribution < -0.4 is 0 Å². The Morgan fingerprint density at radius 2 is 1.81 bits per heavy atom. The quantitative estimate of drug-likeness (QED) is 0.511. The zero-order valence-electron chi connectivity index (χ0n) is 15.2. The number of halogens is 1. The van der Waals surface area contributed by atoms with Crippen LogP contribution in [-0.2, 0) is 4.74 Å². The first-order valence-corrected chi connectivity index (χ1v) is 8.33. The van der Waals surface area contributed by atoms with Gasteiger partial charge in [0.25, 0.3) is 0 Å². The molecule has 0 aliphatic heterocycles. The van der Waals surface area contributed by atoms with Gasteiger partial charge in [-0.15, -0.1) is 5.10 Å². The smallest absolute Gasteiger partial charge is 0.361 e. The van der Waals surface area contributed by atoms with Gasteiger partial charge in [-0.05, 0) is 44.5 Å². The lowest BCUT2D eigenvalue weighted by Crippen LogP contribution is -2.16. The Labute approximate surface area is 155 Å². The highest BCUT2D eigenvalue weighted by Crippen LogP contribution is 2.16. The van der Waals surface area contributed by atoms with E-state index in [9.17, 15) is 14.0 Å². The van der Waals surface area contributed by atoms with Gasteiger partial charge in [0.1, 0.15) is 5.82 Å². The summed E-state index contributed by atoms with van der Waals surface area (Å²) in [6.07, 6.45) is 0. The van der Waals surface area contributed by atoms with E-state index >= 15 is 0 Å². The van der Waals surface area contributed by atoms with Crippen molar-refractivity contribution in [1.29, 1.82) is 0 Å². The summed E-state index contributed by atoms with van der Waals surface area (Å²) in [5.41, 5.74) is 3.06. The van der Waals surface area contributed by atoms with Gasteiger partial charge in [0.05, 0.1) is 16.9 Å². The van der Waals surface area contributed by atoms with E-state index in [4.69, 9.17) is 4.74 Å². The Hall–Kier alpha value is -3.35. The first kappa shape index (κ1) is 18.4. The fraction of sp³-hybridized carbons (Fsp3) is 0.200. The van der Waals surface area contributed by atoms with Gasteiger partial charge in [0.15, 0.2) is 12.3 Å². The third-order valence-electron chi connectivity index (χ3n) is 4.05. The molecule has 0 bridgehead atoms. The number of benzene rings is 2. The average molecular weight is 367 g/mol. The summed E-state index contributed by atoms with van der Waals surface area (Å²) in [5.74, 6) is -2.07. The number of Topliss-reactive ketones (excluding diaryl/α,β-unsaturated/α-hetero) is 1. The Bertz CT molecular complexity index is 1030. The van der Waals surface area contributed by atoms with Crippen molar-refractivity contribution in [3.8, 4) is 5.69 Å². The van der Waals surface area contributed by atoms with E-state index in [1.54, 1.807) is 6.92 Å². The van der Waals surface area contributed by atoms with Crippen LogP contribution in [0.25, 0.3) is 5.69 Å². The lowest BCUT2D eigenvalue weighted by Gasteiger charge is -2.05. The predicted octanol–water partition coefficient (Wildman–Crippen LogP) is 3.37. The molecule has 0 saturated carbocycles. The number of hydrogen-bond acceptors (Lipinski definition) is 5. The van der Waals surface area contributed by atoms with Crippen LogP contribution in [0.4, 0.5) is 4.39 Å². The number of ether oxygens (including phenoxy) is 1. The molecule has 0 radical (unpaired) electrons. The topological polar surface area (TPSA) is 74.1 Å². The van der Waals surface area contributed by atoms with Crippen molar-refractivity contribution >= 4 is 11.8 Å². The third-order valence-corrected chi connectivity index (χ3v) is 4.05. The predicted molar refractivity (Wildman–Crippen MR) is 96.6 cm³/mol. The van der Waals surface area contributed by atoms with Gasteiger partial charge in [-0.25, -0.2) is 9.18 Å².